The molecule has 3 rings (SSSR count). The Bertz CT molecular complexity index is 853. The number of esters is 1. The molecular weight excluding hydrogens is 316 g/mol. The van der Waals surface area contributed by atoms with Crippen molar-refractivity contribution < 1.29 is 9.53 Å². The number of hydrogen-bond donors (Lipinski definition) is 2. The zero-order chi connectivity index (χ0) is 17.5. The number of ether oxygens (including phenoxy) is 1. The molecule has 3 aromatic rings. The number of methoxy groups -OCH3 is 1. The Morgan fingerprint density at radius 1 is 1.04 bits per heavy atom. The van der Waals surface area contributed by atoms with Crippen LogP contribution in [0.1, 0.15) is 15.9 Å². The van der Waals surface area contributed by atoms with E-state index in [9.17, 15) is 4.79 Å². The van der Waals surface area contributed by atoms with Gasteiger partial charge in [0, 0.05) is 12.7 Å². The molecule has 2 aromatic carbocycles. The number of nitrogens with one attached hydrogen (secondary N) is 2. The molecule has 126 valence electrons. The predicted molar refractivity (Wildman–Crippen MR) is 96.9 cm³/mol. The van der Waals surface area contributed by atoms with Gasteiger partial charge in [-0.25, -0.2) is 9.78 Å². The van der Waals surface area contributed by atoms with Crippen LogP contribution in [0.2, 0.25) is 0 Å². The summed E-state index contributed by atoms with van der Waals surface area (Å²) in [6.07, 6.45) is 1.66. The van der Waals surface area contributed by atoms with E-state index >= 15 is 0 Å². The van der Waals surface area contributed by atoms with Crippen molar-refractivity contribution in [2.75, 3.05) is 17.7 Å². The monoisotopic (exact) mass is 334 g/mol. The maximum absolute atomic E-state index is 11.8. The molecule has 0 aliphatic rings. The van der Waals surface area contributed by atoms with Gasteiger partial charge in [0.1, 0.15) is 5.82 Å². The smallest absolute Gasteiger partial charge is 0.339 e. The minimum absolute atomic E-state index is 0.403. The first-order valence-corrected chi connectivity index (χ1v) is 7.81. The average Bonchev–Trinajstić information content (AvgIpc) is 2.67. The number of aromatic nitrogens is 2. The van der Waals surface area contributed by atoms with Crippen LogP contribution in [0.4, 0.5) is 17.5 Å². The molecule has 2 N–H and O–H groups in total. The van der Waals surface area contributed by atoms with Crippen molar-refractivity contribution in [3.63, 3.8) is 0 Å². The van der Waals surface area contributed by atoms with Crippen molar-refractivity contribution in [2.24, 2.45) is 0 Å². The van der Waals surface area contributed by atoms with Crippen LogP contribution < -0.4 is 10.6 Å². The highest BCUT2D eigenvalue weighted by Gasteiger charge is 2.11. The lowest BCUT2D eigenvalue weighted by molar-refractivity contribution is 0.0602. The highest BCUT2D eigenvalue weighted by Crippen LogP contribution is 2.20. The van der Waals surface area contributed by atoms with Crippen LogP contribution in [0.25, 0.3) is 0 Å². The van der Waals surface area contributed by atoms with E-state index in [0.717, 1.165) is 5.56 Å². The summed E-state index contributed by atoms with van der Waals surface area (Å²) in [7, 11) is 1.36. The van der Waals surface area contributed by atoms with Crippen molar-refractivity contribution in [1.29, 1.82) is 0 Å². The Labute approximate surface area is 145 Å². The molecule has 6 nitrogen and oxygen atoms in total. The molecule has 0 saturated heterocycles. The molecular formula is C19H18N4O2. The number of anilines is 3. The maximum atomic E-state index is 11.8. The van der Waals surface area contributed by atoms with Gasteiger partial charge in [-0.1, -0.05) is 42.5 Å². The number of hydrogen-bond acceptors (Lipinski definition) is 6. The number of rotatable bonds is 6. The van der Waals surface area contributed by atoms with Gasteiger partial charge in [0.2, 0.25) is 5.95 Å². The Balaban J connectivity index is 1.73. The van der Waals surface area contributed by atoms with Crippen LogP contribution in [-0.2, 0) is 11.3 Å². The Kier molecular flexibility index (Phi) is 5.21. The lowest BCUT2D eigenvalue weighted by atomic mass is 10.2. The fraction of sp³-hybridized carbons (Fsp3) is 0.105. The third kappa shape index (κ3) is 4.32. The number of nitrogens with zero attached hydrogens (tertiary/aromatic N) is 2. The second kappa shape index (κ2) is 7.92. The molecule has 0 bridgehead atoms. The average molecular weight is 334 g/mol. The summed E-state index contributed by atoms with van der Waals surface area (Å²) in [5.74, 6) is 0.686. The summed E-state index contributed by atoms with van der Waals surface area (Å²) < 4.78 is 4.80. The van der Waals surface area contributed by atoms with Crippen LogP contribution in [0.15, 0.2) is 66.9 Å². The first-order chi connectivity index (χ1) is 12.3. The van der Waals surface area contributed by atoms with Crippen LogP contribution >= 0.6 is 0 Å². The van der Waals surface area contributed by atoms with E-state index in [0.29, 0.717) is 29.6 Å². The lowest BCUT2D eigenvalue weighted by Gasteiger charge is -2.11. The molecule has 0 aliphatic heterocycles. The van der Waals surface area contributed by atoms with Gasteiger partial charge in [-0.2, -0.15) is 4.98 Å². The quantitative estimate of drug-likeness (QED) is 0.671. The summed E-state index contributed by atoms with van der Waals surface area (Å²) >= 11 is 0. The Hall–Kier alpha value is -3.41. The minimum Gasteiger partial charge on any atom is -0.465 e. The zero-order valence-electron chi connectivity index (χ0n) is 13.8. The van der Waals surface area contributed by atoms with Gasteiger partial charge in [-0.15, -0.1) is 0 Å². The second-order valence-electron chi connectivity index (χ2n) is 5.27. The molecule has 0 atom stereocenters. The Morgan fingerprint density at radius 3 is 2.60 bits per heavy atom. The molecule has 0 radical (unpaired) electrons. The van der Waals surface area contributed by atoms with E-state index in [1.54, 1.807) is 30.5 Å². The summed E-state index contributed by atoms with van der Waals surface area (Å²) in [6, 6.07) is 18.9. The van der Waals surface area contributed by atoms with Gasteiger partial charge < -0.3 is 15.4 Å². The fourth-order valence-electron chi connectivity index (χ4n) is 2.31. The minimum atomic E-state index is -0.403. The fourth-order valence-corrected chi connectivity index (χ4v) is 2.31. The molecule has 1 heterocycles. The number of benzene rings is 2. The molecule has 0 saturated carbocycles. The maximum Gasteiger partial charge on any atom is 0.339 e. The molecule has 6 heteroatoms. The summed E-state index contributed by atoms with van der Waals surface area (Å²) in [5, 5.41) is 6.32. The Morgan fingerprint density at radius 2 is 1.80 bits per heavy atom. The first-order valence-electron chi connectivity index (χ1n) is 7.81. The van der Waals surface area contributed by atoms with Crippen molar-refractivity contribution in [2.45, 2.75) is 6.54 Å². The van der Waals surface area contributed by atoms with E-state index in [4.69, 9.17) is 4.74 Å². The van der Waals surface area contributed by atoms with E-state index in [2.05, 4.69) is 20.6 Å². The normalized spacial score (nSPS) is 10.1. The van der Waals surface area contributed by atoms with E-state index < -0.39 is 5.97 Å². The molecule has 0 amide bonds. The van der Waals surface area contributed by atoms with Gasteiger partial charge in [-0.3, -0.25) is 0 Å². The summed E-state index contributed by atoms with van der Waals surface area (Å²) in [4.78, 5) is 20.5. The molecule has 25 heavy (non-hydrogen) atoms. The summed E-state index contributed by atoms with van der Waals surface area (Å²) in [5.41, 5.74) is 2.21. The van der Waals surface area contributed by atoms with Crippen molar-refractivity contribution in [3.05, 3.63) is 78.0 Å². The standard InChI is InChI=1S/C19H18N4O2/c1-25-18(24)15-9-5-6-10-16(15)22-17-11-12-20-19(23-17)21-13-14-7-3-2-4-8-14/h2-12H,13H2,1H3,(H2,20,21,22,23). The number of carbonyl (C=O) groups excluding carboxylic acids is 1. The van der Waals surface area contributed by atoms with Gasteiger partial charge >= 0.3 is 5.97 Å². The molecule has 0 spiro atoms. The number of carbonyl (C=O) groups is 1. The van der Waals surface area contributed by atoms with E-state index in [1.165, 1.54) is 7.11 Å². The second-order valence-corrected chi connectivity index (χ2v) is 5.27. The first kappa shape index (κ1) is 16.4. The zero-order valence-corrected chi connectivity index (χ0v) is 13.8. The van der Waals surface area contributed by atoms with Gasteiger partial charge in [0.05, 0.1) is 18.4 Å². The van der Waals surface area contributed by atoms with Gasteiger partial charge in [-0.05, 0) is 23.8 Å². The highest BCUT2D eigenvalue weighted by atomic mass is 16.5. The van der Waals surface area contributed by atoms with Crippen LogP contribution in [-0.4, -0.2) is 23.0 Å². The third-order valence-corrected chi connectivity index (χ3v) is 3.54. The molecule has 1 aromatic heterocycles. The highest BCUT2D eigenvalue weighted by molar-refractivity contribution is 5.96. The SMILES string of the molecule is COC(=O)c1ccccc1Nc1ccnc(NCc2ccccc2)n1. The van der Waals surface area contributed by atoms with E-state index in [1.807, 2.05) is 36.4 Å². The van der Waals surface area contributed by atoms with E-state index in [-0.39, 0.29) is 0 Å². The van der Waals surface area contributed by atoms with Crippen LogP contribution in [0.5, 0.6) is 0 Å². The topological polar surface area (TPSA) is 76.1 Å². The summed E-state index contributed by atoms with van der Waals surface area (Å²) in [6.45, 7) is 0.628. The van der Waals surface area contributed by atoms with Gasteiger partial charge in [0.15, 0.2) is 0 Å². The molecule has 0 unspecified atom stereocenters. The van der Waals surface area contributed by atoms with Gasteiger partial charge in [0.25, 0.3) is 0 Å². The molecule has 0 aliphatic carbocycles. The molecule has 0 fully saturated rings. The largest absolute Gasteiger partial charge is 0.465 e. The van der Waals surface area contributed by atoms with Crippen molar-refractivity contribution in [1.82, 2.24) is 9.97 Å². The van der Waals surface area contributed by atoms with Crippen LogP contribution in [0.3, 0.4) is 0 Å². The predicted octanol–water partition coefficient (Wildman–Crippen LogP) is 3.62. The van der Waals surface area contributed by atoms with Crippen molar-refractivity contribution in [3.8, 4) is 0 Å². The third-order valence-electron chi connectivity index (χ3n) is 3.54. The lowest BCUT2D eigenvalue weighted by Crippen LogP contribution is -2.07. The van der Waals surface area contributed by atoms with Crippen LogP contribution in [0, 0.1) is 0 Å². The van der Waals surface area contributed by atoms with Crippen molar-refractivity contribution >= 4 is 23.4 Å². The number of para-hydroxylation sites is 1.